The molecule has 0 amide bonds. The standard InChI is InChI=1S/C15H24N2O/c18-11-8-15(14-4-2-1-3-5-14)17-12-13-6-9-16-10-7-13/h6-7,9-10,14-15,17-18H,1-5,8,11-12H2. The van der Waals surface area contributed by atoms with Crippen LogP contribution in [0, 0.1) is 5.92 Å². The SMILES string of the molecule is OCCC(NCc1ccncc1)C1CCCCC1. The van der Waals surface area contributed by atoms with Crippen molar-refractivity contribution in [3.8, 4) is 0 Å². The second-order valence-electron chi connectivity index (χ2n) is 5.25. The highest BCUT2D eigenvalue weighted by atomic mass is 16.3. The molecule has 1 aliphatic carbocycles. The van der Waals surface area contributed by atoms with E-state index in [1.165, 1.54) is 37.7 Å². The van der Waals surface area contributed by atoms with Crippen LogP contribution in [-0.2, 0) is 6.54 Å². The maximum Gasteiger partial charge on any atom is 0.0445 e. The summed E-state index contributed by atoms with van der Waals surface area (Å²) < 4.78 is 0. The van der Waals surface area contributed by atoms with Gasteiger partial charge < -0.3 is 10.4 Å². The molecule has 1 fully saturated rings. The molecule has 1 aromatic rings. The summed E-state index contributed by atoms with van der Waals surface area (Å²) in [6.07, 6.45) is 11.2. The molecule has 0 saturated heterocycles. The normalized spacial score (nSPS) is 18.7. The van der Waals surface area contributed by atoms with E-state index >= 15 is 0 Å². The molecule has 0 spiro atoms. The van der Waals surface area contributed by atoms with Crippen LogP contribution in [0.25, 0.3) is 0 Å². The molecule has 2 rings (SSSR count). The molecule has 1 heterocycles. The number of aromatic nitrogens is 1. The maximum absolute atomic E-state index is 9.21. The van der Waals surface area contributed by atoms with E-state index in [-0.39, 0.29) is 6.61 Å². The fourth-order valence-corrected chi connectivity index (χ4v) is 2.93. The van der Waals surface area contributed by atoms with Crippen molar-refractivity contribution in [2.24, 2.45) is 5.92 Å². The van der Waals surface area contributed by atoms with Crippen molar-refractivity contribution in [1.29, 1.82) is 0 Å². The van der Waals surface area contributed by atoms with Crippen LogP contribution in [0.3, 0.4) is 0 Å². The van der Waals surface area contributed by atoms with E-state index in [1.54, 1.807) is 0 Å². The summed E-state index contributed by atoms with van der Waals surface area (Å²) >= 11 is 0. The number of pyridine rings is 1. The van der Waals surface area contributed by atoms with Gasteiger partial charge in [-0.15, -0.1) is 0 Å². The van der Waals surface area contributed by atoms with Gasteiger partial charge >= 0.3 is 0 Å². The van der Waals surface area contributed by atoms with E-state index in [9.17, 15) is 5.11 Å². The van der Waals surface area contributed by atoms with Gasteiger partial charge in [0.25, 0.3) is 0 Å². The zero-order chi connectivity index (χ0) is 12.6. The molecule has 0 aromatic carbocycles. The van der Waals surface area contributed by atoms with E-state index in [4.69, 9.17) is 0 Å². The number of hydrogen-bond donors (Lipinski definition) is 2. The number of nitrogens with zero attached hydrogens (tertiary/aromatic N) is 1. The molecule has 100 valence electrons. The fraction of sp³-hybridized carbons (Fsp3) is 0.667. The number of aliphatic hydroxyl groups is 1. The molecule has 1 aromatic heterocycles. The van der Waals surface area contributed by atoms with Crippen molar-refractivity contribution < 1.29 is 5.11 Å². The van der Waals surface area contributed by atoms with Crippen molar-refractivity contribution in [3.05, 3.63) is 30.1 Å². The molecular formula is C15H24N2O. The lowest BCUT2D eigenvalue weighted by molar-refractivity contribution is 0.205. The molecule has 1 aliphatic rings. The molecule has 1 saturated carbocycles. The summed E-state index contributed by atoms with van der Waals surface area (Å²) in [5.41, 5.74) is 1.27. The Kier molecular flexibility index (Phi) is 5.62. The Balaban J connectivity index is 1.85. The van der Waals surface area contributed by atoms with Gasteiger partial charge in [-0.05, 0) is 42.9 Å². The minimum absolute atomic E-state index is 0.282. The minimum Gasteiger partial charge on any atom is -0.396 e. The summed E-state index contributed by atoms with van der Waals surface area (Å²) in [4.78, 5) is 4.03. The summed E-state index contributed by atoms with van der Waals surface area (Å²) in [6.45, 7) is 1.16. The molecule has 3 nitrogen and oxygen atoms in total. The van der Waals surface area contributed by atoms with Crippen molar-refractivity contribution >= 4 is 0 Å². The minimum atomic E-state index is 0.282. The van der Waals surface area contributed by atoms with E-state index < -0.39 is 0 Å². The Morgan fingerprint density at radius 1 is 1.22 bits per heavy atom. The highest BCUT2D eigenvalue weighted by molar-refractivity contribution is 5.09. The predicted molar refractivity (Wildman–Crippen MR) is 73.1 cm³/mol. The second-order valence-corrected chi connectivity index (χ2v) is 5.25. The van der Waals surface area contributed by atoms with Crippen molar-refractivity contribution in [2.45, 2.75) is 51.1 Å². The Morgan fingerprint density at radius 2 is 1.94 bits per heavy atom. The Labute approximate surface area is 110 Å². The fourth-order valence-electron chi connectivity index (χ4n) is 2.93. The average molecular weight is 248 g/mol. The lowest BCUT2D eigenvalue weighted by Gasteiger charge is -2.30. The van der Waals surface area contributed by atoms with Gasteiger partial charge in [0, 0.05) is 31.6 Å². The molecule has 0 bridgehead atoms. The quantitative estimate of drug-likeness (QED) is 0.813. The number of nitrogens with one attached hydrogen (secondary N) is 1. The molecule has 1 atom stereocenters. The van der Waals surface area contributed by atoms with Gasteiger partial charge in [-0.2, -0.15) is 0 Å². The van der Waals surface area contributed by atoms with Crippen LogP contribution >= 0.6 is 0 Å². The summed E-state index contributed by atoms with van der Waals surface area (Å²) in [7, 11) is 0. The van der Waals surface area contributed by atoms with Gasteiger partial charge in [0.05, 0.1) is 0 Å². The number of rotatable bonds is 6. The van der Waals surface area contributed by atoms with Crippen molar-refractivity contribution in [3.63, 3.8) is 0 Å². The lowest BCUT2D eigenvalue weighted by Crippen LogP contribution is -2.37. The summed E-state index contributed by atoms with van der Waals surface area (Å²) in [5, 5.41) is 12.8. The first-order valence-electron chi connectivity index (χ1n) is 7.13. The zero-order valence-electron chi connectivity index (χ0n) is 11.0. The van der Waals surface area contributed by atoms with Crippen molar-refractivity contribution in [1.82, 2.24) is 10.3 Å². The maximum atomic E-state index is 9.21. The van der Waals surface area contributed by atoms with Gasteiger partial charge in [0.15, 0.2) is 0 Å². The summed E-state index contributed by atoms with van der Waals surface area (Å²) in [6, 6.07) is 4.55. The van der Waals surface area contributed by atoms with Gasteiger partial charge in [0.1, 0.15) is 0 Å². The largest absolute Gasteiger partial charge is 0.396 e. The van der Waals surface area contributed by atoms with E-state index in [2.05, 4.69) is 10.3 Å². The monoisotopic (exact) mass is 248 g/mol. The van der Waals surface area contributed by atoms with Gasteiger partial charge in [-0.1, -0.05) is 19.3 Å². The zero-order valence-corrected chi connectivity index (χ0v) is 11.0. The highest BCUT2D eigenvalue weighted by Gasteiger charge is 2.22. The number of aliphatic hydroxyl groups excluding tert-OH is 1. The van der Waals surface area contributed by atoms with Gasteiger partial charge in [0.2, 0.25) is 0 Å². The van der Waals surface area contributed by atoms with Crippen LogP contribution in [0.5, 0.6) is 0 Å². The highest BCUT2D eigenvalue weighted by Crippen LogP contribution is 2.27. The van der Waals surface area contributed by atoms with Crippen LogP contribution in [0.15, 0.2) is 24.5 Å². The first kappa shape index (κ1) is 13.5. The Hall–Kier alpha value is -0.930. The molecule has 18 heavy (non-hydrogen) atoms. The summed E-state index contributed by atoms with van der Waals surface area (Å²) in [5.74, 6) is 0.743. The third-order valence-electron chi connectivity index (χ3n) is 3.98. The molecule has 0 aliphatic heterocycles. The third-order valence-corrected chi connectivity index (χ3v) is 3.98. The topological polar surface area (TPSA) is 45.1 Å². The van der Waals surface area contributed by atoms with Gasteiger partial charge in [-0.3, -0.25) is 4.98 Å². The molecular weight excluding hydrogens is 224 g/mol. The first-order chi connectivity index (χ1) is 8.90. The van der Waals surface area contributed by atoms with Gasteiger partial charge in [-0.25, -0.2) is 0 Å². The van der Waals surface area contributed by atoms with E-state index in [0.717, 1.165) is 18.9 Å². The molecule has 1 unspecified atom stereocenters. The first-order valence-corrected chi connectivity index (χ1v) is 7.13. The smallest absolute Gasteiger partial charge is 0.0445 e. The van der Waals surface area contributed by atoms with E-state index in [0.29, 0.717) is 6.04 Å². The predicted octanol–water partition coefficient (Wildman–Crippen LogP) is 2.50. The Morgan fingerprint density at radius 3 is 2.61 bits per heavy atom. The molecule has 3 heteroatoms. The molecule has 0 radical (unpaired) electrons. The Bertz CT molecular complexity index is 323. The number of hydrogen-bond acceptors (Lipinski definition) is 3. The van der Waals surface area contributed by atoms with Crippen LogP contribution < -0.4 is 5.32 Å². The van der Waals surface area contributed by atoms with Crippen molar-refractivity contribution in [2.75, 3.05) is 6.61 Å². The van der Waals surface area contributed by atoms with Crippen LogP contribution in [0.2, 0.25) is 0 Å². The van der Waals surface area contributed by atoms with Crippen LogP contribution in [0.1, 0.15) is 44.1 Å². The van der Waals surface area contributed by atoms with E-state index in [1.807, 2.05) is 24.5 Å². The second kappa shape index (κ2) is 7.49. The van der Waals surface area contributed by atoms with Crippen LogP contribution in [-0.4, -0.2) is 22.7 Å². The third kappa shape index (κ3) is 4.07. The lowest BCUT2D eigenvalue weighted by atomic mass is 9.82. The average Bonchev–Trinajstić information content (AvgIpc) is 2.45. The van der Waals surface area contributed by atoms with Crippen LogP contribution in [0.4, 0.5) is 0 Å². The molecule has 2 N–H and O–H groups in total.